The van der Waals surface area contributed by atoms with Gasteiger partial charge in [0.15, 0.2) is 5.78 Å². The first kappa shape index (κ1) is 16.8. The molecule has 0 saturated carbocycles. The Labute approximate surface area is 160 Å². The summed E-state index contributed by atoms with van der Waals surface area (Å²) >= 11 is 0. The molecule has 3 heteroatoms. The quantitative estimate of drug-likeness (QED) is 0.637. The number of rotatable bonds is 4. The van der Waals surface area contributed by atoms with Crippen molar-refractivity contribution in [3.05, 3.63) is 59.4 Å². The highest BCUT2D eigenvalue weighted by molar-refractivity contribution is 6.01. The van der Waals surface area contributed by atoms with Crippen LogP contribution >= 0.6 is 0 Å². The van der Waals surface area contributed by atoms with E-state index in [0.717, 1.165) is 47.4 Å². The maximum absolute atomic E-state index is 11.8. The highest BCUT2D eigenvalue weighted by atomic mass is 16.3. The molecule has 2 aromatic carbocycles. The van der Waals surface area contributed by atoms with Gasteiger partial charge in [0, 0.05) is 36.4 Å². The van der Waals surface area contributed by atoms with Gasteiger partial charge in [0.2, 0.25) is 0 Å². The van der Waals surface area contributed by atoms with Crippen LogP contribution in [0.4, 0.5) is 0 Å². The summed E-state index contributed by atoms with van der Waals surface area (Å²) < 4.78 is 6.15. The molecule has 138 valence electrons. The first-order chi connectivity index (χ1) is 13.2. The molecule has 1 fully saturated rings. The number of carbonyl (C=O) groups is 1. The van der Waals surface area contributed by atoms with Gasteiger partial charge in [-0.25, -0.2) is 0 Å². The fourth-order valence-corrected chi connectivity index (χ4v) is 4.60. The van der Waals surface area contributed by atoms with E-state index in [1.807, 2.05) is 6.07 Å². The van der Waals surface area contributed by atoms with Crippen LogP contribution in [0.3, 0.4) is 0 Å². The third-order valence-electron chi connectivity index (χ3n) is 6.27. The van der Waals surface area contributed by atoms with Gasteiger partial charge >= 0.3 is 0 Å². The van der Waals surface area contributed by atoms with E-state index in [1.165, 1.54) is 30.3 Å². The zero-order chi connectivity index (χ0) is 18.4. The second-order valence-corrected chi connectivity index (χ2v) is 8.04. The lowest BCUT2D eigenvalue weighted by Crippen LogP contribution is -2.28. The molecule has 0 bridgehead atoms. The Hall–Kier alpha value is -2.39. The Morgan fingerprint density at radius 1 is 1.07 bits per heavy atom. The minimum Gasteiger partial charge on any atom is -0.461 e. The average molecular weight is 359 g/mol. The van der Waals surface area contributed by atoms with Gasteiger partial charge in [-0.2, -0.15) is 0 Å². The lowest BCUT2D eigenvalue weighted by atomic mass is 10.00. The van der Waals surface area contributed by atoms with Crippen LogP contribution in [0.5, 0.6) is 0 Å². The van der Waals surface area contributed by atoms with Crippen molar-refractivity contribution >= 4 is 16.8 Å². The zero-order valence-electron chi connectivity index (χ0n) is 15.8. The lowest BCUT2D eigenvalue weighted by molar-refractivity contribution is 0.0994. The number of carbonyl (C=O) groups excluding carboxylic acids is 1. The molecule has 1 saturated heterocycles. The van der Waals surface area contributed by atoms with Crippen LogP contribution in [0.1, 0.15) is 47.9 Å². The van der Waals surface area contributed by atoms with Crippen LogP contribution in [0.25, 0.3) is 22.1 Å². The summed E-state index contributed by atoms with van der Waals surface area (Å²) in [6, 6.07) is 15.5. The second-order valence-electron chi connectivity index (χ2n) is 8.04. The summed E-state index contributed by atoms with van der Waals surface area (Å²) in [5.74, 6) is 1.34. The van der Waals surface area contributed by atoms with Crippen molar-refractivity contribution < 1.29 is 9.21 Å². The van der Waals surface area contributed by atoms with E-state index in [2.05, 4.69) is 48.2 Å². The number of likely N-dealkylation sites (tertiary alicyclic amines) is 1. The van der Waals surface area contributed by atoms with Crippen molar-refractivity contribution in [2.45, 2.75) is 45.1 Å². The first-order valence-electron chi connectivity index (χ1n) is 10.1. The maximum Gasteiger partial charge on any atom is 0.163 e. The van der Waals surface area contributed by atoms with Gasteiger partial charge in [0.1, 0.15) is 11.3 Å². The fourth-order valence-electron chi connectivity index (χ4n) is 4.60. The third-order valence-corrected chi connectivity index (χ3v) is 6.27. The van der Waals surface area contributed by atoms with Gasteiger partial charge < -0.3 is 9.32 Å². The SMILES string of the molecule is C[C@@H]1CCCN1CCc1cc2ccc(-c3ccc4c(c3)CCC4=O)cc2o1. The van der Waals surface area contributed by atoms with Crippen molar-refractivity contribution in [1.29, 1.82) is 0 Å². The van der Waals surface area contributed by atoms with Crippen molar-refractivity contribution in [1.82, 2.24) is 4.90 Å². The molecular weight excluding hydrogens is 334 g/mol. The molecule has 5 rings (SSSR count). The second kappa shape index (κ2) is 6.65. The molecule has 2 heterocycles. The van der Waals surface area contributed by atoms with Crippen LogP contribution < -0.4 is 0 Å². The number of Topliss-reactive ketones (excluding diaryl/α,β-unsaturated/α-hetero) is 1. The summed E-state index contributed by atoms with van der Waals surface area (Å²) in [7, 11) is 0. The number of fused-ring (bicyclic) bond motifs is 2. The number of furan rings is 1. The predicted molar refractivity (Wildman–Crippen MR) is 108 cm³/mol. The summed E-state index contributed by atoms with van der Waals surface area (Å²) in [6.45, 7) is 4.61. The van der Waals surface area contributed by atoms with Gasteiger partial charge in [0.05, 0.1) is 0 Å². The molecule has 0 spiro atoms. The van der Waals surface area contributed by atoms with Crippen LogP contribution in [0.15, 0.2) is 46.9 Å². The molecule has 0 radical (unpaired) electrons. The standard InChI is InChI=1S/C24H25NO2/c1-16-3-2-11-25(16)12-10-21-14-20-5-4-18(15-24(20)27-21)17-6-8-22-19(13-17)7-9-23(22)26/h4-6,8,13-16H,2-3,7,9-12H2,1H3/t16-/m1/s1. The fraction of sp³-hybridized carbons (Fsp3) is 0.375. The molecule has 1 atom stereocenters. The topological polar surface area (TPSA) is 33.5 Å². The van der Waals surface area contributed by atoms with Crippen molar-refractivity contribution in [2.24, 2.45) is 0 Å². The monoisotopic (exact) mass is 359 g/mol. The van der Waals surface area contributed by atoms with Gasteiger partial charge in [0.25, 0.3) is 0 Å². The molecule has 0 N–H and O–H groups in total. The van der Waals surface area contributed by atoms with Gasteiger partial charge in [-0.05, 0) is 61.6 Å². The number of benzene rings is 2. The van der Waals surface area contributed by atoms with E-state index in [1.54, 1.807) is 0 Å². The molecule has 2 aliphatic rings. The molecule has 3 nitrogen and oxygen atoms in total. The van der Waals surface area contributed by atoms with E-state index in [4.69, 9.17) is 4.42 Å². The Kier molecular flexibility index (Phi) is 4.13. The van der Waals surface area contributed by atoms with E-state index < -0.39 is 0 Å². The van der Waals surface area contributed by atoms with Crippen molar-refractivity contribution in [3.63, 3.8) is 0 Å². The van der Waals surface area contributed by atoms with Gasteiger partial charge in [-0.3, -0.25) is 4.79 Å². The number of nitrogens with zero attached hydrogens (tertiary/aromatic N) is 1. The smallest absolute Gasteiger partial charge is 0.163 e. The molecule has 1 aromatic heterocycles. The Balaban J connectivity index is 1.38. The zero-order valence-corrected chi connectivity index (χ0v) is 15.8. The molecule has 1 aliphatic heterocycles. The number of hydrogen-bond acceptors (Lipinski definition) is 3. The largest absolute Gasteiger partial charge is 0.461 e. The normalized spacial score (nSPS) is 19.9. The molecule has 0 unspecified atom stereocenters. The summed E-state index contributed by atoms with van der Waals surface area (Å²) in [5.41, 5.74) is 5.34. The van der Waals surface area contributed by atoms with E-state index in [9.17, 15) is 4.79 Å². The Morgan fingerprint density at radius 2 is 1.93 bits per heavy atom. The average Bonchev–Trinajstić information content (AvgIpc) is 3.37. The van der Waals surface area contributed by atoms with E-state index in [-0.39, 0.29) is 5.78 Å². The summed E-state index contributed by atoms with van der Waals surface area (Å²) in [6.07, 6.45) is 5.11. The molecule has 3 aromatic rings. The summed E-state index contributed by atoms with van der Waals surface area (Å²) in [5, 5.41) is 1.17. The van der Waals surface area contributed by atoms with Crippen LogP contribution in [0.2, 0.25) is 0 Å². The highest BCUT2D eigenvalue weighted by Crippen LogP contribution is 2.31. The minimum atomic E-state index is 0.273. The molecule has 1 aliphatic carbocycles. The highest BCUT2D eigenvalue weighted by Gasteiger charge is 2.21. The predicted octanol–water partition coefficient (Wildman–Crippen LogP) is 5.26. The third kappa shape index (κ3) is 3.10. The van der Waals surface area contributed by atoms with Gasteiger partial charge in [-0.15, -0.1) is 0 Å². The van der Waals surface area contributed by atoms with Crippen molar-refractivity contribution in [2.75, 3.05) is 13.1 Å². The van der Waals surface area contributed by atoms with Crippen LogP contribution in [-0.2, 0) is 12.8 Å². The molecular formula is C24H25NO2. The minimum absolute atomic E-state index is 0.273. The number of aryl methyl sites for hydroxylation is 1. The van der Waals surface area contributed by atoms with E-state index >= 15 is 0 Å². The van der Waals surface area contributed by atoms with Crippen LogP contribution in [0, 0.1) is 0 Å². The van der Waals surface area contributed by atoms with E-state index in [0.29, 0.717) is 12.5 Å². The Bertz CT molecular complexity index is 1020. The lowest BCUT2D eigenvalue weighted by Gasteiger charge is -2.19. The van der Waals surface area contributed by atoms with Crippen molar-refractivity contribution in [3.8, 4) is 11.1 Å². The summed E-state index contributed by atoms with van der Waals surface area (Å²) in [4.78, 5) is 14.4. The maximum atomic E-state index is 11.8. The molecule has 0 amide bonds. The first-order valence-corrected chi connectivity index (χ1v) is 10.1. The number of hydrogen-bond donors (Lipinski definition) is 0. The van der Waals surface area contributed by atoms with Crippen LogP contribution in [-0.4, -0.2) is 29.8 Å². The Morgan fingerprint density at radius 3 is 2.78 bits per heavy atom. The van der Waals surface area contributed by atoms with Gasteiger partial charge in [-0.1, -0.05) is 30.3 Å². The molecule has 27 heavy (non-hydrogen) atoms. The number of ketones is 1.